The molecule has 0 atom stereocenters. The molecule has 0 spiro atoms. The quantitative estimate of drug-likeness (QED) is 0.739. The zero-order valence-corrected chi connectivity index (χ0v) is 10.8. The molecule has 7 heteroatoms. The van der Waals surface area contributed by atoms with Gasteiger partial charge in [0.2, 0.25) is 0 Å². The minimum absolute atomic E-state index is 0.0570. The maximum Gasteiger partial charge on any atom is 0.354 e. The van der Waals surface area contributed by atoms with E-state index in [0.717, 1.165) is 0 Å². The number of hydrogen-bond acceptors (Lipinski definition) is 4. The first-order valence-corrected chi connectivity index (χ1v) is 5.83. The van der Waals surface area contributed by atoms with E-state index in [9.17, 15) is 9.59 Å². The van der Waals surface area contributed by atoms with Crippen molar-refractivity contribution in [1.82, 2.24) is 9.88 Å². The summed E-state index contributed by atoms with van der Waals surface area (Å²) >= 11 is 0. The molecular weight excluding hydrogens is 250 g/mol. The van der Waals surface area contributed by atoms with Crippen LogP contribution in [-0.2, 0) is 0 Å². The van der Waals surface area contributed by atoms with Gasteiger partial charge < -0.3 is 20.4 Å². The third-order valence-electron chi connectivity index (χ3n) is 2.46. The first kappa shape index (κ1) is 14.9. The van der Waals surface area contributed by atoms with E-state index < -0.39 is 5.97 Å². The van der Waals surface area contributed by atoms with Crippen LogP contribution in [0.5, 0.6) is 0 Å². The molecule has 3 N–H and O–H groups in total. The lowest BCUT2D eigenvalue weighted by Crippen LogP contribution is -2.41. The molecule has 0 fully saturated rings. The van der Waals surface area contributed by atoms with E-state index in [0.29, 0.717) is 5.69 Å². The van der Waals surface area contributed by atoms with E-state index >= 15 is 0 Å². The average Bonchev–Trinajstić information content (AvgIpc) is 2.36. The number of amides is 2. The monoisotopic (exact) mass is 267 g/mol. The van der Waals surface area contributed by atoms with E-state index in [1.807, 2.05) is 13.8 Å². The summed E-state index contributed by atoms with van der Waals surface area (Å²) in [7, 11) is 0. The van der Waals surface area contributed by atoms with Crippen LogP contribution in [0.15, 0.2) is 18.3 Å². The zero-order chi connectivity index (χ0) is 14.4. The van der Waals surface area contributed by atoms with Crippen molar-refractivity contribution in [3.63, 3.8) is 0 Å². The van der Waals surface area contributed by atoms with Crippen LogP contribution in [0.3, 0.4) is 0 Å². The SMILES string of the molecule is CC(C)N(CCO)C(=O)Nc1ccc(C(=O)O)nc1. The number of aromatic nitrogens is 1. The number of urea groups is 1. The minimum Gasteiger partial charge on any atom is -0.477 e. The number of hydrogen-bond donors (Lipinski definition) is 3. The molecule has 0 radical (unpaired) electrons. The Morgan fingerprint density at radius 2 is 2.11 bits per heavy atom. The fourth-order valence-corrected chi connectivity index (χ4v) is 1.49. The highest BCUT2D eigenvalue weighted by Crippen LogP contribution is 2.09. The van der Waals surface area contributed by atoms with Gasteiger partial charge in [0.15, 0.2) is 0 Å². The van der Waals surface area contributed by atoms with Crippen LogP contribution in [-0.4, -0.2) is 51.3 Å². The summed E-state index contributed by atoms with van der Waals surface area (Å²) in [5.74, 6) is -1.12. The van der Waals surface area contributed by atoms with Crippen LogP contribution in [0, 0.1) is 0 Å². The highest BCUT2D eigenvalue weighted by atomic mass is 16.4. The molecule has 0 aliphatic rings. The summed E-state index contributed by atoms with van der Waals surface area (Å²) in [5, 5.41) is 20.2. The highest BCUT2D eigenvalue weighted by Gasteiger charge is 2.16. The normalized spacial score (nSPS) is 10.3. The van der Waals surface area contributed by atoms with E-state index in [2.05, 4.69) is 10.3 Å². The number of carboxylic acid groups (broad SMARTS) is 1. The molecule has 0 saturated heterocycles. The smallest absolute Gasteiger partial charge is 0.354 e. The van der Waals surface area contributed by atoms with Crippen molar-refractivity contribution >= 4 is 17.7 Å². The number of anilines is 1. The van der Waals surface area contributed by atoms with E-state index in [1.54, 1.807) is 0 Å². The number of nitrogens with zero attached hydrogens (tertiary/aromatic N) is 2. The number of carbonyl (C=O) groups is 2. The van der Waals surface area contributed by atoms with Gasteiger partial charge in [-0.3, -0.25) is 0 Å². The predicted octanol–water partition coefficient (Wildman–Crippen LogP) is 1.01. The van der Waals surface area contributed by atoms with Crippen LogP contribution in [0.25, 0.3) is 0 Å². The molecule has 0 saturated carbocycles. The van der Waals surface area contributed by atoms with Crippen LogP contribution >= 0.6 is 0 Å². The van der Waals surface area contributed by atoms with Gasteiger partial charge in [0.05, 0.1) is 18.5 Å². The molecule has 1 rings (SSSR count). The molecule has 0 aliphatic carbocycles. The van der Waals surface area contributed by atoms with Crippen molar-refractivity contribution in [1.29, 1.82) is 0 Å². The van der Waals surface area contributed by atoms with Crippen molar-refractivity contribution in [3.8, 4) is 0 Å². The Morgan fingerprint density at radius 3 is 2.53 bits per heavy atom. The summed E-state index contributed by atoms with van der Waals surface area (Å²) < 4.78 is 0. The molecular formula is C12H17N3O4. The van der Waals surface area contributed by atoms with Gasteiger partial charge in [-0.2, -0.15) is 0 Å². The number of carboxylic acids is 1. The minimum atomic E-state index is -1.12. The summed E-state index contributed by atoms with van der Waals surface area (Å²) in [6, 6.07) is 2.35. The number of aromatic carboxylic acids is 1. The Hall–Kier alpha value is -2.15. The predicted molar refractivity (Wildman–Crippen MR) is 69.1 cm³/mol. The summed E-state index contributed by atoms with van der Waals surface area (Å²) in [5.41, 5.74) is 0.313. The Kier molecular flexibility index (Phi) is 5.25. The Morgan fingerprint density at radius 1 is 1.42 bits per heavy atom. The molecule has 1 aromatic heterocycles. The van der Waals surface area contributed by atoms with Crippen molar-refractivity contribution < 1.29 is 19.8 Å². The lowest BCUT2D eigenvalue weighted by atomic mass is 10.3. The number of rotatable bonds is 5. The van der Waals surface area contributed by atoms with Crippen molar-refractivity contribution in [2.75, 3.05) is 18.5 Å². The number of pyridine rings is 1. The summed E-state index contributed by atoms with van der Waals surface area (Å²) in [6.45, 7) is 3.77. The van der Waals surface area contributed by atoms with Crippen molar-refractivity contribution in [3.05, 3.63) is 24.0 Å². The molecule has 0 aromatic carbocycles. The topological polar surface area (TPSA) is 103 Å². The van der Waals surface area contributed by atoms with Gasteiger partial charge in [-0.15, -0.1) is 0 Å². The van der Waals surface area contributed by atoms with Gasteiger partial charge in [-0.1, -0.05) is 0 Å². The van der Waals surface area contributed by atoms with Crippen LogP contribution < -0.4 is 5.32 Å². The maximum absolute atomic E-state index is 11.9. The summed E-state index contributed by atoms with van der Waals surface area (Å²) in [6.07, 6.45) is 1.28. The third-order valence-corrected chi connectivity index (χ3v) is 2.46. The standard InChI is InChI=1S/C12H17N3O4/c1-8(2)15(5-6-16)12(19)14-9-3-4-10(11(17)18)13-7-9/h3-4,7-8,16H,5-6H2,1-2H3,(H,14,19)(H,17,18). The molecule has 7 nitrogen and oxygen atoms in total. The molecule has 2 amide bonds. The van der Waals surface area contributed by atoms with Gasteiger partial charge in [0.25, 0.3) is 0 Å². The molecule has 0 bridgehead atoms. The van der Waals surface area contributed by atoms with Crippen LogP contribution in [0.1, 0.15) is 24.3 Å². The fraction of sp³-hybridized carbons (Fsp3) is 0.417. The first-order chi connectivity index (χ1) is 8.95. The van der Waals surface area contributed by atoms with Gasteiger partial charge >= 0.3 is 12.0 Å². The molecule has 1 heterocycles. The lowest BCUT2D eigenvalue weighted by molar-refractivity contribution is 0.0690. The molecule has 104 valence electrons. The van der Waals surface area contributed by atoms with E-state index in [4.69, 9.17) is 10.2 Å². The Labute approximate surface area is 110 Å². The van der Waals surface area contributed by atoms with Crippen molar-refractivity contribution in [2.24, 2.45) is 0 Å². The Bertz CT molecular complexity index is 445. The zero-order valence-electron chi connectivity index (χ0n) is 10.8. The lowest BCUT2D eigenvalue weighted by Gasteiger charge is -2.26. The summed E-state index contributed by atoms with van der Waals surface area (Å²) in [4.78, 5) is 27.7. The van der Waals surface area contributed by atoms with Crippen LogP contribution in [0.4, 0.5) is 10.5 Å². The number of carbonyl (C=O) groups excluding carboxylic acids is 1. The maximum atomic E-state index is 11.9. The second kappa shape index (κ2) is 6.69. The molecule has 0 unspecified atom stereocenters. The number of nitrogens with one attached hydrogen (secondary N) is 1. The van der Waals surface area contributed by atoms with Gasteiger partial charge in [-0.25, -0.2) is 14.6 Å². The Balaban J connectivity index is 2.72. The van der Waals surface area contributed by atoms with Gasteiger partial charge in [0, 0.05) is 12.6 Å². The van der Waals surface area contributed by atoms with Gasteiger partial charge in [0.1, 0.15) is 5.69 Å². The molecule has 19 heavy (non-hydrogen) atoms. The van der Waals surface area contributed by atoms with Crippen LogP contribution in [0.2, 0.25) is 0 Å². The number of aliphatic hydroxyl groups is 1. The van der Waals surface area contributed by atoms with Gasteiger partial charge in [-0.05, 0) is 26.0 Å². The largest absolute Gasteiger partial charge is 0.477 e. The fourth-order valence-electron chi connectivity index (χ4n) is 1.49. The third kappa shape index (κ3) is 4.22. The van der Waals surface area contributed by atoms with E-state index in [-0.39, 0.29) is 30.9 Å². The average molecular weight is 267 g/mol. The molecule has 0 aliphatic heterocycles. The van der Waals surface area contributed by atoms with E-state index in [1.165, 1.54) is 23.2 Å². The number of aliphatic hydroxyl groups excluding tert-OH is 1. The molecule has 1 aromatic rings. The first-order valence-electron chi connectivity index (χ1n) is 5.83. The van der Waals surface area contributed by atoms with Crippen molar-refractivity contribution in [2.45, 2.75) is 19.9 Å². The highest BCUT2D eigenvalue weighted by molar-refractivity contribution is 5.90. The second-order valence-electron chi connectivity index (χ2n) is 4.18. The second-order valence-corrected chi connectivity index (χ2v) is 4.18.